The van der Waals surface area contributed by atoms with Crippen LogP contribution in [0.4, 0.5) is 5.82 Å². The molecule has 1 saturated heterocycles. The Balaban J connectivity index is 2.13. The molecule has 2 heterocycles. The molecule has 0 bridgehead atoms. The molecule has 0 amide bonds. The van der Waals surface area contributed by atoms with Crippen molar-refractivity contribution < 1.29 is 4.74 Å². The summed E-state index contributed by atoms with van der Waals surface area (Å²) in [7, 11) is 0. The molecule has 1 aromatic rings. The number of aromatic nitrogens is 1. The molecule has 0 radical (unpaired) electrons. The van der Waals surface area contributed by atoms with Gasteiger partial charge in [0.25, 0.3) is 0 Å². The maximum absolute atomic E-state index is 6.23. The van der Waals surface area contributed by atoms with Crippen molar-refractivity contribution in [1.82, 2.24) is 10.3 Å². The predicted octanol–water partition coefficient (Wildman–Crippen LogP) is 2.85. The topological polar surface area (TPSA) is 37.4 Å². The summed E-state index contributed by atoms with van der Waals surface area (Å²) >= 11 is 6.23. The Morgan fingerprint density at radius 3 is 2.65 bits per heavy atom. The van der Waals surface area contributed by atoms with E-state index < -0.39 is 0 Å². The lowest BCUT2D eigenvalue weighted by Gasteiger charge is -2.36. The van der Waals surface area contributed by atoms with Gasteiger partial charge in [0.2, 0.25) is 0 Å². The number of pyridine rings is 1. The summed E-state index contributed by atoms with van der Waals surface area (Å²) in [5, 5.41) is 4.11. The molecular formula is C15H24ClN3O. The molecule has 2 rings (SSSR count). The van der Waals surface area contributed by atoms with E-state index in [4.69, 9.17) is 16.3 Å². The number of rotatable bonds is 4. The summed E-state index contributed by atoms with van der Waals surface area (Å²) in [6, 6.07) is 2.52. The van der Waals surface area contributed by atoms with E-state index in [1.165, 1.54) is 0 Å². The van der Waals surface area contributed by atoms with E-state index in [0.717, 1.165) is 36.0 Å². The highest BCUT2D eigenvalue weighted by Gasteiger charge is 2.23. The molecule has 2 atom stereocenters. The Hall–Kier alpha value is -0.840. The largest absolute Gasteiger partial charge is 0.372 e. The van der Waals surface area contributed by atoms with Crippen LogP contribution in [0.3, 0.4) is 0 Å². The van der Waals surface area contributed by atoms with Crippen molar-refractivity contribution in [2.24, 2.45) is 0 Å². The molecule has 4 nitrogen and oxygen atoms in total. The van der Waals surface area contributed by atoms with Gasteiger partial charge in [-0.3, -0.25) is 0 Å². The first-order valence-corrected chi connectivity index (χ1v) is 7.61. The first-order chi connectivity index (χ1) is 9.45. The summed E-state index contributed by atoms with van der Waals surface area (Å²) in [6.07, 6.45) is 2.21. The molecule has 5 heteroatoms. The van der Waals surface area contributed by atoms with Crippen LogP contribution >= 0.6 is 11.6 Å². The number of nitrogens with one attached hydrogen (secondary N) is 1. The highest BCUT2D eigenvalue weighted by molar-refractivity contribution is 6.31. The van der Waals surface area contributed by atoms with Gasteiger partial charge < -0.3 is 15.0 Å². The van der Waals surface area contributed by atoms with Gasteiger partial charge in [0.1, 0.15) is 5.82 Å². The van der Waals surface area contributed by atoms with Crippen molar-refractivity contribution in [2.75, 3.05) is 18.0 Å². The van der Waals surface area contributed by atoms with Gasteiger partial charge in [-0.1, -0.05) is 25.4 Å². The lowest BCUT2D eigenvalue weighted by atomic mass is 10.2. The second-order valence-electron chi connectivity index (χ2n) is 5.83. The van der Waals surface area contributed by atoms with Gasteiger partial charge in [-0.25, -0.2) is 4.98 Å². The van der Waals surface area contributed by atoms with Crippen LogP contribution in [0.1, 0.15) is 33.3 Å². The molecule has 2 unspecified atom stereocenters. The van der Waals surface area contributed by atoms with E-state index >= 15 is 0 Å². The van der Waals surface area contributed by atoms with E-state index in [0.29, 0.717) is 6.04 Å². The van der Waals surface area contributed by atoms with Crippen LogP contribution in [0.15, 0.2) is 12.3 Å². The number of ether oxygens (including phenoxy) is 1. The van der Waals surface area contributed by atoms with Crippen molar-refractivity contribution in [2.45, 2.75) is 52.5 Å². The molecule has 1 aliphatic rings. The van der Waals surface area contributed by atoms with Crippen LogP contribution in [0, 0.1) is 0 Å². The van der Waals surface area contributed by atoms with Gasteiger partial charge in [0, 0.05) is 31.9 Å². The first-order valence-electron chi connectivity index (χ1n) is 7.24. The minimum absolute atomic E-state index is 0.230. The van der Waals surface area contributed by atoms with E-state index in [1.807, 2.05) is 0 Å². The van der Waals surface area contributed by atoms with Gasteiger partial charge in [0.05, 0.1) is 17.2 Å². The summed E-state index contributed by atoms with van der Waals surface area (Å²) < 4.78 is 5.76. The Labute approximate surface area is 126 Å². The van der Waals surface area contributed by atoms with Crippen LogP contribution in [0.2, 0.25) is 5.02 Å². The first kappa shape index (κ1) is 15.5. The van der Waals surface area contributed by atoms with E-state index in [2.05, 4.69) is 49.0 Å². The van der Waals surface area contributed by atoms with Crippen LogP contribution in [0.5, 0.6) is 0 Å². The Morgan fingerprint density at radius 2 is 2.05 bits per heavy atom. The number of morpholine rings is 1. The maximum atomic E-state index is 6.23. The maximum Gasteiger partial charge on any atom is 0.129 e. The average Bonchev–Trinajstić information content (AvgIpc) is 2.36. The smallest absolute Gasteiger partial charge is 0.129 e. The molecule has 1 N–H and O–H groups in total. The molecule has 0 aliphatic carbocycles. The molecule has 20 heavy (non-hydrogen) atoms. The van der Waals surface area contributed by atoms with Crippen molar-refractivity contribution >= 4 is 17.4 Å². The third-order valence-corrected chi connectivity index (χ3v) is 3.70. The van der Waals surface area contributed by atoms with Gasteiger partial charge in [0.15, 0.2) is 0 Å². The number of hydrogen-bond acceptors (Lipinski definition) is 4. The van der Waals surface area contributed by atoms with Crippen molar-refractivity contribution in [3.05, 3.63) is 22.8 Å². The highest BCUT2D eigenvalue weighted by Crippen LogP contribution is 2.23. The zero-order valence-corrected chi connectivity index (χ0v) is 13.4. The number of halogens is 1. The summed E-state index contributed by atoms with van der Waals surface area (Å²) in [4.78, 5) is 6.74. The Bertz CT molecular complexity index is 443. The highest BCUT2D eigenvalue weighted by atomic mass is 35.5. The lowest BCUT2D eigenvalue weighted by Crippen LogP contribution is -2.45. The summed E-state index contributed by atoms with van der Waals surface area (Å²) in [6.45, 7) is 11.0. The van der Waals surface area contributed by atoms with Gasteiger partial charge in [-0.05, 0) is 25.5 Å². The summed E-state index contributed by atoms with van der Waals surface area (Å²) in [5.41, 5.74) is 1.09. The van der Waals surface area contributed by atoms with Gasteiger partial charge >= 0.3 is 0 Å². The zero-order chi connectivity index (χ0) is 14.7. The third kappa shape index (κ3) is 4.08. The minimum Gasteiger partial charge on any atom is -0.372 e. The molecule has 1 aromatic heterocycles. The van der Waals surface area contributed by atoms with E-state index in [-0.39, 0.29) is 12.2 Å². The van der Waals surface area contributed by atoms with Crippen molar-refractivity contribution in [3.8, 4) is 0 Å². The fourth-order valence-electron chi connectivity index (χ4n) is 2.46. The minimum atomic E-state index is 0.230. The second-order valence-corrected chi connectivity index (χ2v) is 6.24. The lowest BCUT2D eigenvalue weighted by molar-refractivity contribution is -0.00546. The van der Waals surface area contributed by atoms with E-state index in [1.54, 1.807) is 6.20 Å². The van der Waals surface area contributed by atoms with Gasteiger partial charge in [-0.15, -0.1) is 0 Å². The van der Waals surface area contributed by atoms with E-state index in [9.17, 15) is 0 Å². The molecular weight excluding hydrogens is 274 g/mol. The summed E-state index contributed by atoms with van der Waals surface area (Å²) in [5.74, 6) is 0.983. The standard InChI is InChI=1S/C15H24ClN3O/c1-10(2)17-6-13-5-15(18-7-14(13)16)19-8-11(3)20-12(4)9-19/h5,7,10-12,17H,6,8-9H2,1-4H3. The SMILES string of the molecule is CC(C)NCc1cc(N2CC(C)OC(C)C2)ncc1Cl. The van der Waals surface area contributed by atoms with Crippen molar-refractivity contribution in [3.63, 3.8) is 0 Å². The molecule has 0 saturated carbocycles. The van der Waals surface area contributed by atoms with Gasteiger partial charge in [-0.2, -0.15) is 0 Å². The number of hydrogen-bond donors (Lipinski definition) is 1. The zero-order valence-electron chi connectivity index (χ0n) is 12.7. The molecule has 0 aromatic carbocycles. The third-order valence-electron chi connectivity index (χ3n) is 3.36. The van der Waals surface area contributed by atoms with Crippen LogP contribution in [0.25, 0.3) is 0 Å². The quantitative estimate of drug-likeness (QED) is 0.927. The fraction of sp³-hybridized carbons (Fsp3) is 0.667. The molecule has 0 spiro atoms. The normalized spacial score (nSPS) is 23.4. The predicted molar refractivity (Wildman–Crippen MR) is 83.4 cm³/mol. The molecule has 1 aliphatic heterocycles. The number of nitrogens with zero attached hydrogens (tertiary/aromatic N) is 2. The Morgan fingerprint density at radius 1 is 1.40 bits per heavy atom. The Kier molecular flexibility index (Phi) is 5.24. The average molecular weight is 298 g/mol. The molecule has 1 fully saturated rings. The number of anilines is 1. The van der Waals surface area contributed by atoms with Crippen LogP contribution < -0.4 is 10.2 Å². The van der Waals surface area contributed by atoms with Crippen molar-refractivity contribution in [1.29, 1.82) is 0 Å². The molecule has 112 valence electrons. The van der Waals surface area contributed by atoms with Crippen LogP contribution in [-0.2, 0) is 11.3 Å². The second kappa shape index (κ2) is 6.74. The monoisotopic (exact) mass is 297 g/mol. The fourth-order valence-corrected chi connectivity index (χ4v) is 2.63. The van der Waals surface area contributed by atoms with Crippen LogP contribution in [-0.4, -0.2) is 36.3 Å².